The maximum atomic E-state index is 15.6. The van der Waals surface area contributed by atoms with Crippen LogP contribution >= 0.6 is 0 Å². The van der Waals surface area contributed by atoms with E-state index in [1.807, 2.05) is 29.2 Å². The number of aromatic carboxylic acids is 1. The zero-order valence-electron chi connectivity index (χ0n) is 21.3. The Morgan fingerprint density at radius 3 is 2.39 bits per heavy atom. The number of hydrogen-bond acceptors (Lipinski definition) is 7. The number of hydrogen-bond donors (Lipinski definition) is 1. The minimum atomic E-state index is -3.30. The van der Waals surface area contributed by atoms with Crippen molar-refractivity contribution >= 4 is 28.2 Å². The van der Waals surface area contributed by atoms with Gasteiger partial charge < -0.3 is 33.8 Å². The molecular formula is C26H29F3N4O5. The highest BCUT2D eigenvalue weighted by Gasteiger charge is 2.30. The molecule has 0 spiro atoms. The molecule has 9 nitrogen and oxygen atoms in total. The number of halogens is 3. The molecule has 0 bridgehead atoms. The van der Waals surface area contributed by atoms with Gasteiger partial charge in [0, 0.05) is 45.5 Å². The number of benzene rings is 2. The van der Waals surface area contributed by atoms with Crippen LogP contribution in [0.3, 0.4) is 0 Å². The molecule has 12 heteroatoms. The number of ether oxygens (including phenoxy) is 2. The van der Waals surface area contributed by atoms with Crippen molar-refractivity contribution in [3.8, 4) is 11.5 Å². The number of carboxylic acid groups (broad SMARTS) is 1. The van der Waals surface area contributed by atoms with Gasteiger partial charge in [-0.15, -0.1) is 0 Å². The fraction of sp³-hybridized carbons (Fsp3) is 0.385. The number of carbonyl (C=O) groups is 1. The van der Waals surface area contributed by atoms with E-state index in [1.165, 1.54) is 4.57 Å². The van der Waals surface area contributed by atoms with Gasteiger partial charge in [0.2, 0.25) is 5.43 Å². The van der Waals surface area contributed by atoms with Crippen LogP contribution in [0.25, 0.3) is 10.9 Å². The highest BCUT2D eigenvalue weighted by Crippen LogP contribution is 2.40. The summed E-state index contributed by atoms with van der Waals surface area (Å²) in [4.78, 5) is 30.1. The van der Waals surface area contributed by atoms with E-state index in [4.69, 9.17) is 9.47 Å². The molecule has 0 atom stereocenters. The van der Waals surface area contributed by atoms with Gasteiger partial charge in [0.05, 0.1) is 23.7 Å². The fourth-order valence-electron chi connectivity index (χ4n) is 4.68. The number of aromatic nitrogens is 1. The summed E-state index contributed by atoms with van der Waals surface area (Å²) >= 11 is 0. The van der Waals surface area contributed by atoms with E-state index >= 15 is 4.39 Å². The Morgan fingerprint density at radius 1 is 1.13 bits per heavy atom. The second-order valence-corrected chi connectivity index (χ2v) is 9.13. The molecule has 1 aliphatic rings. The van der Waals surface area contributed by atoms with Crippen LogP contribution in [0.15, 0.2) is 41.3 Å². The minimum Gasteiger partial charge on any atom is -0.495 e. The Balaban J connectivity index is 1.83. The summed E-state index contributed by atoms with van der Waals surface area (Å²) in [6.45, 7) is -1.32. The highest BCUT2D eigenvalue weighted by molar-refractivity contribution is 5.97. The number of carboxylic acids is 1. The molecule has 38 heavy (non-hydrogen) atoms. The van der Waals surface area contributed by atoms with Crippen LogP contribution in [0.5, 0.6) is 11.5 Å². The van der Waals surface area contributed by atoms with E-state index in [1.54, 1.807) is 31.0 Å². The van der Waals surface area contributed by atoms with E-state index < -0.39 is 35.1 Å². The first-order chi connectivity index (χ1) is 18.1. The lowest BCUT2D eigenvalue weighted by Gasteiger charge is -2.38. The molecule has 0 unspecified atom stereocenters. The smallest absolute Gasteiger partial charge is 0.387 e. The zero-order chi connectivity index (χ0) is 27.6. The van der Waals surface area contributed by atoms with Crippen molar-refractivity contribution in [1.82, 2.24) is 9.47 Å². The second kappa shape index (κ2) is 11.2. The van der Waals surface area contributed by atoms with Crippen molar-refractivity contribution < 1.29 is 32.5 Å². The summed E-state index contributed by atoms with van der Waals surface area (Å²) in [7, 11) is 5.14. The first-order valence-corrected chi connectivity index (χ1v) is 12.0. The number of likely N-dealkylation sites (N-methyl/N-ethyl adjacent to an activating group) is 1. The molecule has 2 heterocycles. The van der Waals surface area contributed by atoms with Gasteiger partial charge in [0.1, 0.15) is 17.0 Å². The summed E-state index contributed by atoms with van der Waals surface area (Å²) < 4.78 is 54.6. The number of alkyl halides is 2. The standard InChI is InChI=1S/C26H29F3N4O5/c1-30(2)8-9-33-15-17(25(35)36)23(34)16-14-18(27)22(24(21(16)33)38-26(28)29)32-12-10-31(11-13-32)19-6-4-5-7-20(19)37-3/h4-7,14-15,26H,8-13H2,1-3H3,(H,35,36). The number of piperazine rings is 1. The normalized spacial score (nSPS) is 14.0. The van der Waals surface area contributed by atoms with Gasteiger partial charge in [-0.2, -0.15) is 8.78 Å². The lowest BCUT2D eigenvalue weighted by molar-refractivity contribution is -0.0488. The SMILES string of the molecule is COc1ccccc1N1CCN(c2c(F)cc3c(=O)c(C(=O)O)cn(CCN(C)C)c3c2OC(F)F)CC1. The molecule has 1 saturated heterocycles. The monoisotopic (exact) mass is 534 g/mol. The van der Waals surface area contributed by atoms with Gasteiger partial charge in [0.25, 0.3) is 0 Å². The average Bonchev–Trinajstić information content (AvgIpc) is 2.88. The molecule has 1 aromatic heterocycles. The van der Waals surface area contributed by atoms with Crippen LogP contribution in [0, 0.1) is 5.82 Å². The molecule has 1 aliphatic heterocycles. The van der Waals surface area contributed by atoms with Crippen molar-refractivity contribution in [3.05, 3.63) is 58.1 Å². The summed E-state index contributed by atoms with van der Waals surface area (Å²) in [6.07, 6.45) is 1.09. The third-order valence-electron chi connectivity index (χ3n) is 6.49. The lowest BCUT2D eigenvalue weighted by Crippen LogP contribution is -2.47. The molecule has 4 rings (SSSR count). The quantitative estimate of drug-likeness (QED) is 0.448. The van der Waals surface area contributed by atoms with Crippen molar-refractivity contribution in [2.75, 3.05) is 63.7 Å². The van der Waals surface area contributed by atoms with Gasteiger partial charge in [0.15, 0.2) is 11.6 Å². The van der Waals surface area contributed by atoms with Crippen LogP contribution in [0.2, 0.25) is 0 Å². The first kappa shape index (κ1) is 27.1. The van der Waals surface area contributed by atoms with E-state index in [2.05, 4.69) is 0 Å². The van der Waals surface area contributed by atoms with E-state index in [0.717, 1.165) is 18.0 Å². The van der Waals surface area contributed by atoms with Crippen LogP contribution in [0.4, 0.5) is 24.5 Å². The van der Waals surface area contributed by atoms with Crippen molar-refractivity contribution in [2.45, 2.75) is 13.2 Å². The Bertz CT molecular complexity index is 1390. The van der Waals surface area contributed by atoms with E-state index in [9.17, 15) is 23.5 Å². The molecule has 0 aliphatic carbocycles. The third-order valence-corrected chi connectivity index (χ3v) is 6.49. The molecular weight excluding hydrogens is 505 g/mol. The maximum absolute atomic E-state index is 15.6. The topological polar surface area (TPSA) is 87.5 Å². The van der Waals surface area contributed by atoms with Crippen molar-refractivity contribution in [1.29, 1.82) is 0 Å². The summed E-state index contributed by atoms with van der Waals surface area (Å²) in [6, 6.07) is 8.37. The van der Waals surface area contributed by atoms with E-state index in [0.29, 0.717) is 25.4 Å². The van der Waals surface area contributed by atoms with Gasteiger partial charge in [-0.05, 0) is 32.3 Å². The molecule has 1 fully saturated rings. The third kappa shape index (κ3) is 5.35. The van der Waals surface area contributed by atoms with Crippen molar-refractivity contribution in [2.24, 2.45) is 0 Å². The first-order valence-electron chi connectivity index (χ1n) is 12.0. The van der Waals surface area contributed by atoms with Crippen molar-refractivity contribution in [3.63, 3.8) is 0 Å². The Hall–Kier alpha value is -3.93. The predicted octanol–water partition coefficient (Wildman–Crippen LogP) is 3.34. The highest BCUT2D eigenvalue weighted by atomic mass is 19.3. The molecule has 1 N–H and O–H groups in total. The van der Waals surface area contributed by atoms with E-state index in [-0.39, 0.29) is 36.2 Å². The second-order valence-electron chi connectivity index (χ2n) is 9.13. The molecule has 0 saturated carbocycles. The average molecular weight is 535 g/mol. The lowest BCUT2D eigenvalue weighted by atomic mass is 10.1. The van der Waals surface area contributed by atoms with Gasteiger partial charge in [-0.1, -0.05) is 12.1 Å². The summed E-state index contributed by atoms with van der Waals surface area (Å²) in [5.74, 6) is -2.26. The molecule has 0 amide bonds. The number of anilines is 2. The number of para-hydroxylation sites is 2. The number of pyridine rings is 1. The fourth-order valence-corrected chi connectivity index (χ4v) is 4.68. The minimum absolute atomic E-state index is 0.0780. The predicted molar refractivity (Wildman–Crippen MR) is 138 cm³/mol. The number of rotatable bonds is 9. The Labute approximate surface area is 217 Å². The number of fused-ring (bicyclic) bond motifs is 1. The number of nitrogens with zero attached hydrogens (tertiary/aromatic N) is 4. The van der Waals surface area contributed by atoms with Crippen LogP contribution in [0.1, 0.15) is 10.4 Å². The van der Waals surface area contributed by atoms with Crippen LogP contribution < -0.4 is 24.7 Å². The Morgan fingerprint density at radius 2 is 1.79 bits per heavy atom. The molecule has 0 radical (unpaired) electrons. The van der Waals surface area contributed by atoms with Gasteiger partial charge in [-0.25, -0.2) is 9.18 Å². The maximum Gasteiger partial charge on any atom is 0.387 e. The van der Waals surface area contributed by atoms with Crippen LogP contribution in [-0.4, -0.2) is 81.1 Å². The van der Waals surface area contributed by atoms with Gasteiger partial charge >= 0.3 is 12.6 Å². The Kier molecular flexibility index (Phi) is 8.00. The van der Waals surface area contributed by atoms with Gasteiger partial charge in [-0.3, -0.25) is 4.79 Å². The largest absolute Gasteiger partial charge is 0.495 e. The summed E-state index contributed by atoms with van der Waals surface area (Å²) in [5.41, 5.74) is -0.975. The zero-order valence-corrected chi connectivity index (χ0v) is 21.3. The summed E-state index contributed by atoms with van der Waals surface area (Å²) in [5, 5.41) is 9.20. The number of methoxy groups -OCH3 is 1. The molecule has 3 aromatic rings. The molecule has 2 aromatic carbocycles. The molecule has 204 valence electrons. The van der Waals surface area contributed by atoms with Crippen LogP contribution in [-0.2, 0) is 6.54 Å².